The van der Waals surface area contributed by atoms with Crippen molar-refractivity contribution in [2.45, 2.75) is 21.3 Å². The molecule has 0 saturated carbocycles. The summed E-state index contributed by atoms with van der Waals surface area (Å²) in [6.45, 7) is 3.75. The minimum Gasteiger partial charge on any atom is -0.462 e. The van der Waals surface area contributed by atoms with Crippen LogP contribution in [0.1, 0.15) is 83.4 Å². The number of imide groups is 1. The number of ether oxygens (including phenoxy) is 2. The van der Waals surface area contributed by atoms with Crippen molar-refractivity contribution in [3.8, 4) is 62.6 Å². The fraction of sp³-hybridized carbons (Fsp3) is 0.0463. The molecule has 13 aromatic carbocycles. The van der Waals surface area contributed by atoms with E-state index in [1.54, 1.807) is 181 Å². The van der Waals surface area contributed by atoms with Crippen LogP contribution in [0.5, 0.6) is 0 Å². The molecule has 0 saturated heterocycles. The van der Waals surface area contributed by atoms with Crippen LogP contribution in [0.3, 0.4) is 0 Å². The number of hydrogen-bond acceptors (Lipinski definition) is 18. The van der Waals surface area contributed by atoms with Crippen molar-refractivity contribution < 1.29 is 38.2 Å². The highest BCUT2D eigenvalue weighted by atomic mass is 35.5. The third-order valence-electron chi connectivity index (χ3n) is 21.7. The number of carbonyl (C=O) groups excluding carboxylic acids is 6. The molecular formula is C108H75BCl13N18O10. The number of rotatable bonds is 20. The number of para-hydroxylation sites is 5. The van der Waals surface area contributed by atoms with E-state index in [2.05, 4.69) is 36.1 Å². The van der Waals surface area contributed by atoms with E-state index in [1.165, 1.54) is 103 Å². The van der Waals surface area contributed by atoms with Crippen LogP contribution in [0.25, 0.3) is 84.7 Å². The summed E-state index contributed by atoms with van der Waals surface area (Å²) < 4.78 is 20.6. The molecular weight excluding hydrogens is 2180 g/mol. The lowest BCUT2D eigenvalue weighted by molar-refractivity contribution is 0.0517. The monoisotopic (exact) mass is 2250 g/mol. The van der Waals surface area contributed by atoms with Crippen molar-refractivity contribution in [2.75, 3.05) is 34.5 Å². The molecule has 0 spiro atoms. The Balaban J connectivity index is 0.000000149. The van der Waals surface area contributed by atoms with E-state index in [9.17, 15) is 38.4 Å². The number of hydrogen-bond donors (Lipinski definition) is 3. The maximum Gasteiger partial charge on any atom is 0.343 e. The summed E-state index contributed by atoms with van der Waals surface area (Å²) in [6, 6.07) is 89.8. The number of nitrogens with one attached hydrogen (secondary N) is 2. The minimum absolute atomic E-state index is 0. The first kappa shape index (κ1) is 111. The van der Waals surface area contributed by atoms with Gasteiger partial charge in [-0.3, -0.25) is 37.9 Å². The number of esters is 2. The summed E-state index contributed by atoms with van der Waals surface area (Å²) in [4.78, 5) is 116. The standard InChI is InChI=1S/C26H17Cl4N3O4.C23H15Cl3N4O2.2C23H13Cl3N4O.C12H13N3O2.CH4.B/c1-2-37-26(36)20-14-31-33(17-6-4-3-5-7-17)23(20)32(24(34)18-10-8-15(27)12-21(18)29)25(35)19-11-9-16(28)13-22(19)30;24-14-6-9-16(10-7-14)28-23(32)19-13-27-30(17-4-2-1-3-5-17)21(19)29-22(31)18-11-8-15(25)12-20(18)26;2*24-14-6-9-16(10-7-14)29-21(18-11-8-15(25)12-20(18)26)28-22-19(23(29)31)13-27-30(22)17-4-2-1-3-5-17;1-2-17-12(16)10-8-14-15(11(10)13)9-6-4-3-5-7-9;;/h3-14H,2H2,1H3;1-13H,(H,28,32)(H,29,31);2*1-13H;3-8H,2,13H2,1H3;1H4;. The first-order valence-electron chi connectivity index (χ1n) is 44.1. The number of carbonyl (C=O) groups is 6. The van der Waals surface area contributed by atoms with Gasteiger partial charge in [0.1, 0.15) is 39.1 Å². The first-order valence-corrected chi connectivity index (χ1v) is 49.0. The SMILES string of the molecule is C.CCOC(=O)c1cnn(-c2ccccc2)c1N.CCOC(=O)c1cnn(-c2ccccc2)c1N(C(=O)c1ccc(Cl)cc1Cl)C(=O)c1ccc(Cl)cc1Cl.O=C(Nc1c(C(=O)Nc2ccc(Cl)cc2)cnn1-c1ccccc1)c1ccc(Cl)cc1Cl.O=c1c2cnn(-c3ccccc3)c2nc(-c2ccc(Cl)cc2Cl)n1-c1ccc(Cl)cc1.O=c1c2cnn(-c3ccccc3)c2nc(-c2ccc(Cl)cc2Cl)n1-c1ccc(Cl)cc1.[B]. The summed E-state index contributed by atoms with van der Waals surface area (Å²) in [5.41, 5.74) is 13.1. The minimum atomic E-state index is -0.846. The predicted molar refractivity (Wildman–Crippen MR) is 597 cm³/mol. The molecule has 42 heteroatoms. The van der Waals surface area contributed by atoms with Crippen molar-refractivity contribution >= 4 is 240 Å². The van der Waals surface area contributed by atoms with E-state index in [4.69, 9.17) is 176 Å². The third-order valence-corrected chi connectivity index (χ3v) is 25.2. The van der Waals surface area contributed by atoms with Gasteiger partial charge in [-0.15, -0.1) is 0 Å². The van der Waals surface area contributed by atoms with Crippen molar-refractivity contribution in [3.05, 3.63) is 466 Å². The van der Waals surface area contributed by atoms with E-state index in [1.807, 2.05) is 109 Å². The lowest BCUT2D eigenvalue weighted by atomic mass is 10.1. The van der Waals surface area contributed by atoms with E-state index in [0.29, 0.717) is 130 Å². The number of amides is 4. The molecule has 0 atom stereocenters. The Hall–Kier alpha value is -15.2. The second kappa shape index (κ2) is 50.2. The molecule has 0 unspecified atom stereocenters. The van der Waals surface area contributed by atoms with E-state index in [0.717, 1.165) is 22.0 Å². The number of aromatic nitrogens is 14. The van der Waals surface area contributed by atoms with E-state index in [-0.39, 0.29) is 99.5 Å². The average molecular weight is 2260 g/mol. The lowest BCUT2D eigenvalue weighted by Crippen LogP contribution is -2.40. The van der Waals surface area contributed by atoms with Crippen LogP contribution in [0, 0.1) is 0 Å². The third kappa shape index (κ3) is 25.2. The van der Waals surface area contributed by atoms with Gasteiger partial charge in [0, 0.05) is 65.4 Å². The van der Waals surface area contributed by atoms with Gasteiger partial charge in [-0.1, -0.05) is 249 Å². The van der Waals surface area contributed by atoms with Gasteiger partial charge < -0.3 is 25.8 Å². The summed E-state index contributed by atoms with van der Waals surface area (Å²) in [5, 5.41) is 32.4. The highest BCUT2D eigenvalue weighted by Crippen LogP contribution is 2.39. The van der Waals surface area contributed by atoms with E-state index >= 15 is 0 Å². The zero-order valence-corrected chi connectivity index (χ0v) is 87.0. The highest BCUT2D eigenvalue weighted by Gasteiger charge is 2.37. The Morgan fingerprint density at radius 2 is 0.627 bits per heavy atom. The van der Waals surface area contributed by atoms with Gasteiger partial charge in [0.2, 0.25) is 0 Å². The van der Waals surface area contributed by atoms with Crippen LogP contribution < -0.4 is 32.4 Å². The normalized spacial score (nSPS) is 10.7. The summed E-state index contributed by atoms with van der Waals surface area (Å²) in [7, 11) is 0. The van der Waals surface area contributed by atoms with Crippen LogP contribution in [0.4, 0.5) is 23.1 Å². The molecule has 4 amide bonds. The number of benzene rings is 13. The van der Waals surface area contributed by atoms with Gasteiger partial charge in [0.15, 0.2) is 28.8 Å². The Bertz CT molecular complexity index is 8220. The second-order valence-corrected chi connectivity index (χ2v) is 36.8. The van der Waals surface area contributed by atoms with Gasteiger partial charge in [-0.2, -0.15) is 25.5 Å². The summed E-state index contributed by atoms with van der Waals surface area (Å²) in [6.07, 6.45) is 7.08. The molecule has 0 aliphatic rings. The van der Waals surface area contributed by atoms with Crippen molar-refractivity contribution in [2.24, 2.45) is 0 Å². The maximum absolute atomic E-state index is 14.0. The number of fused-ring (bicyclic) bond motifs is 2. The van der Waals surface area contributed by atoms with Gasteiger partial charge >= 0.3 is 11.9 Å². The number of nitrogens with zero attached hydrogens (tertiary/aromatic N) is 15. The molecule has 20 rings (SSSR count). The molecule has 751 valence electrons. The van der Waals surface area contributed by atoms with Crippen LogP contribution in [0.2, 0.25) is 65.3 Å². The molecule has 4 N–H and O–H groups in total. The van der Waals surface area contributed by atoms with E-state index < -0.39 is 35.6 Å². The topological polar surface area (TPSA) is 333 Å². The number of nitrogen functional groups attached to an aromatic ring is 1. The Morgan fingerprint density at radius 1 is 0.320 bits per heavy atom. The lowest BCUT2D eigenvalue weighted by Gasteiger charge is -2.24. The van der Waals surface area contributed by atoms with Gasteiger partial charge in [0.05, 0.1) is 126 Å². The van der Waals surface area contributed by atoms with Gasteiger partial charge in [0.25, 0.3) is 34.7 Å². The molecule has 0 fully saturated rings. The molecule has 0 aliphatic heterocycles. The largest absolute Gasteiger partial charge is 0.462 e. The average Bonchev–Trinajstić information content (AvgIpc) is 1.54. The van der Waals surface area contributed by atoms with Crippen molar-refractivity contribution in [3.63, 3.8) is 0 Å². The predicted octanol–water partition coefficient (Wildman–Crippen LogP) is 27.8. The quantitative estimate of drug-likeness (QED) is 0.0362. The van der Waals surface area contributed by atoms with Crippen LogP contribution in [-0.2, 0) is 9.47 Å². The highest BCUT2D eigenvalue weighted by molar-refractivity contribution is 6.42. The van der Waals surface area contributed by atoms with Crippen molar-refractivity contribution in [1.82, 2.24) is 68.0 Å². The number of nitrogens with two attached hydrogens (primary N) is 1. The van der Waals surface area contributed by atoms with Crippen LogP contribution in [0.15, 0.2) is 356 Å². The smallest absolute Gasteiger partial charge is 0.343 e. The molecule has 7 aromatic heterocycles. The molecule has 20 aromatic rings. The fourth-order valence-electron chi connectivity index (χ4n) is 14.8. The fourth-order valence-corrected chi connectivity index (χ4v) is 17.6. The van der Waals surface area contributed by atoms with Crippen LogP contribution in [-0.4, -0.2) is 125 Å². The van der Waals surface area contributed by atoms with Crippen LogP contribution >= 0.6 is 151 Å². The zero-order chi connectivity index (χ0) is 105. The summed E-state index contributed by atoms with van der Waals surface area (Å²) in [5.74, 6) is -2.82. The Labute approximate surface area is 922 Å². The Morgan fingerprint density at radius 3 is 1.01 bits per heavy atom. The Kier molecular flexibility index (Phi) is 37.0. The van der Waals surface area contributed by atoms with Crippen molar-refractivity contribution in [1.29, 1.82) is 0 Å². The van der Waals surface area contributed by atoms with Gasteiger partial charge in [-0.25, -0.2) is 47.9 Å². The first-order chi connectivity index (χ1) is 71.4. The molecule has 0 bridgehead atoms. The number of halogens is 13. The second-order valence-electron chi connectivity index (χ2n) is 31.3. The number of anilines is 4. The zero-order valence-electron chi connectivity index (χ0n) is 77.2. The maximum atomic E-state index is 14.0. The van der Waals surface area contributed by atoms with Gasteiger partial charge in [-0.05, 0) is 238 Å². The summed E-state index contributed by atoms with van der Waals surface area (Å²) >= 11 is 80.0. The molecule has 150 heavy (non-hydrogen) atoms. The molecule has 0 aliphatic carbocycles. The molecule has 28 nitrogen and oxygen atoms in total. The molecule has 3 radical (unpaired) electrons. The molecule has 7 heterocycles.